The van der Waals surface area contributed by atoms with E-state index in [2.05, 4.69) is 17.0 Å². The molecule has 118 valence electrons. The molecule has 6 atom stereocenters. The summed E-state index contributed by atoms with van der Waals surface area (Å²) in [5, 5.41) is 12.7. The summed E-state index contributed by atoms with van der Waals surface area (Å²) in [7, 11) is 0. The molecule has 2 saturated heterocycles. The van der Waals surface area contributed by atoms with Crippen LogP contribution >= 0.6 is 0 Å². The van der Waals surface area contributed by atoms with Crippen molar-refractivity contribution >= 4 is 5.71 Å². The van der Waals surface area contributed by atoms with Crippen LogP contribution in [-0.4, -0.2) is 33.9 Å². The lowest BCUT2D eigenvalue weighted by molar-refractivity contribution is -0.0212. The Morgan fingerprint density at radius 2 is 1.52 bits per heavy atom. The highest BCUT2D eigenvalue weighted by molar-refractivity contribution is 5.86. The quantitative estimate of drug-likeness (QED) is 0.584. The summed E-state index contributed by atoms with van der Waals surface area (Å²) in [5.74, 6) is 2.95. The lowest BCUT2D eigenvalue weighted by Crippen LogP contribution is -2.58. The van der Waals surface area contributed by atoms with Gasteiger partial charge in [-0.25, -0.2) is 0 Å². The van der Waals surface area contributed by atoms with E-state index >= 15 is 0 Å². The van der Waals surface area contributed by atoms with Gasteiger partial charge in [-0.05, 0) is 62.7 Å². The zero-order chi connectivity index (χ0) is 14.4. The van der Waals surface area contributed by atoms with Gasteiger partial charge in [0.15, 0.2) is 0 Å². The van der Waals surface area contributed by atoms with Crippen LogP contribution in [0.25, 0.3) is 0 Å². The van der Waals surface area contributed by atoms with Gasteiger partial charge in [-0.1, -0.05) is 18.5 Å². The SMILES string of the molecule is C[C@@H]1C[C@@H]2C[C@H](C1)C[C@@H](N1C3CCCC1CC(=NO)C3)C2. The lowest BCUT2D eigenvalue weighted by atomic mass is 9.65. The van der Waals surface area contributed by atoms with Crippen LogP contribution in [0.3, 0.4) is 0 Å². The lowest BCUT2D eigenvalue weighted by Gasteiger charge is -2.54. The fourth-order valence-electron chi connectivity index (χ4n) is 6.30. The van der Waals surface area contributed by atoms with Crippen molar-refractivity contribution in [1.82, 2.24) is 4.90 Å². The van der Waals surface area contributed by atoms with E-state index in [1.165, 1.54) is 51.4 Å². The van der Waals surface area contributed by atoms with Crippen molar-refractivity contribution in [3.8, 4) is 0 Å². The molecule has 4 aliphatic rings. The Morgan fingerprint density at radius 3 is 2.10 bits per heavy atom. The highest BCUT2D eigenvalue weighted by Crippen LogP contribution is 2.46. The van der Waals surface area contributed by atoms with Crippen molar-refractivity contribution in [3.05, 3.63) is 0 Å². The predicted octanol–water partition coefficient (Wildman–Crippen LogP) is 4.05. The van der Waals surface area contributed by atoms with Gasteiger partial charge >= 0.3 is 0 Å². The molecule has 0 amide bonds. The van der Waals surface area contributed by atoms with Crippen LogP contribution in [0.1, 0.15) is 71.1 Å². The molecule has 0 aromatic carbocycles. The summed E-state index contributed by atoms with van der Waals surface area (Å²) in [6.07, 6.45) is 13.4. The normalized spacial score (nSPS) is 47.2. The van der Waals surface area contributed by atoms with Crippen LogP contribution in [0, 0.1) is 17.8 Å². The van der Waals surface area contributed by atoms with Crippen molar-refractivity contribution in [2.45, 2.75) is 89.3 Å². The second kappa shape index (κ2) is 5.57. The number of hydrogen-bond donors (Lipinski definition) is 1. The molecule has 2 aliphatic carbocycles. The van der Waals surface area contributed by atoms with Gasteiger partial charge in [0.25, 0.3) is 0 Å². The standard InChI is InChI=1S/C18H30N2O/c1-12-5-13-7-14(6-12)9-18(8-13)20-16-3-2-4-17(20)11-15(10-16)19-21/h12-14,16-18,21H,2-11H2,1H3/t12-,13-,14+,16?,17?,18+. The highest BCUT2D eigenvalue weighted by atomic mass is 16.4. The third-order valence-electron chi connectivity index (χ3n) is 6.77. The molecule has 0 radical (unpaired) electrons. The monoisotopic (exact) mass is 290 g/mol. The number of fused-ring (bicyclic) bond motifs is 4. The molecule has 2 unspecified atom stereocenters. The number of oxime groups is 1. The van der Waals surface area contributed by atoms with E-state index in [-0.39, 0.29) is 0 Å². The van der Waals surface area contributed by atoms with Gasteiger partial charge in [0.05, 0.1) is 5.71 Å². The maximum Gasteiger partial charge on any atom is 0.0601 e. The van der Waals surface area contributed by atoms with E-state index in [9.17, 15) is 5.21 Å². The molecule has 21 heavy (non-hydrogen) atoms. The maximum absolute atomic E-state index is 9.17. The average molecular weight is 290 g/mol. The Hall–Kier alpha value is -0.570. The summed E-state index contributed by atoms with van der Waals surface area (Å²) >= 11 is 0. The minimum atomic E-state index is 0.671. The molecule has 2 saturated carbocycles. The summed E-state index contributed by atoms with van der Waals surface area (Å²) in [6, 6.07) is 2.17. The van der Waals surface area contributed by atoms with Crippen LogP contribution in [0.15, 0.2) is 5.16 Å². The highest BCUT2D eigenvalue weighted by Gasteiger charge is 2.44. The molecule has 0 aromatic heterocycles. The Bertz CT molecular complexity index is 387. The summed E-state index contributed by atoms with van der Waals surface area (Å²) in [6.45, 7) is 2.46. The molecule has 4 rings (SSSR count). The van der Waals surface area contributed by atoms with Gasteiger partial charge in [-0.2, -0.15) is 0 Å². The molecular weight excluding hydrogens is 260 g/mol. The first-order chi connectivity index (χ1) is 10.2. The van der Waals surface area contributed by atoms with Gasteiger partial charge in [-0.15, -0.1) is 0 Å². The largest absolute Gasteiger partial charge is 0.411 e. The first-order valence-electron chi connectivity index (χ1n) is 9.20. The third-order valence-corrected chi connectivity index (χ3v) is 6.77. The Morgan fingerprint density at radius 1 is 0.905 bits per heavy atom. The predicted molar refractivity (Wildman–Crippen MR) is 84.7 cm³/mol. The molecule has 2 aliphatic heterocycles. The van der Waals surface area contributed by atoms with Crippen molar-refractivity contribution in [3.63, 3.8) is 0 Å². The fraction of sp³-hybridized carbons (Fsp3) is 0.944. The molecule has 0 spiro atoms. The zero-order valence-corrected chi connectivity index (χ0v) is 13.4. The number of rotatable bonds is 1. The van der Waals surface area contributed by atoms with E-state index in [1.54, 1.807) is 0 Å². The number of nitrogens with zero attached hydrogens (tertiary/aromatic N) is 2. The third kappa shape index (κ3) is 2.62. The number of piperidine rings is 2. The second-order valence-electron chi connectivity index (χ2n) is 8.43. The van der Waals surface area contributed by atoms with E-state index in [4.69, 9.17) is 0 Å². The molecule has 4 fully saturated rings. The first kappa shape index (κ1) is 14.0. The van der Waals surface area contributed by atoms with Gasteiger partial charge in [0.2, 0.25) is 0 Å². The first-order valence-corrected chi connectivity index (χ1v) is 9.20. The van der Waals surface area contributed by atoms with Crippen LogP contribution in [0.5, 0.6) is 0 Å². The van der Waals surface area contributed by atoms with Gasteiger partial charge in [0, 0.05) is 31.0 Å². The van der Waals surface area contributed by atoms with E-state index in [1.807, 2.05) is 0 Å². The topological polar surface area (TPSA) is 35.8 Å². The molecular formula is C18H30N2O. The van der Waals surface area contributed by atoms with Crippen LogP contribution < -0.4 is 0 Å². The van der Waals surface area contributed by atoms with Crippen LogP contribution in [-0.2, 0) is 0 Å². The van der Waals surface area contributed by atoms with Crippen LogP contribution in [0.4, 0.5) is 0 Å². The smallest absolute Gasteiger partial charge is 0.0601 e. The van der Waals surface area contributed by atoms with Crippen molar-refractivity contribution in [2.75, 3.05) is 0 Å². The minimum absolute atomic E-state index is 0.671. The molecule has 2 heterocycles. The Labute approximate surface area is 128 Å². The molecule has 4 bridgehead atoms. The fourth-order valence-corrected chi connectivity index (χ4v) is 6.30. The summed E-state index contributed by atoms with van der Waals surface area (Å²) in [5.41, 5.74) is 1.06. The Balaban J connectivity index is 1.51. The minimum Gasteiger partial charge on any atom is -0.411 e. The van der Waals surface area contributed by atoms with Gasteiger partial charge < -0.3 is 5.21 Å². The molecule has 0 aromatic rings. The summed E-state index contributed by atoms with van der Waals surface area (Å²) in [4.78, 5) is 2.90. The van der Waals surface area contributed by atoms with E-state index in [0.29, 0.717) is 12.1 Å². The zero-order valence-electron chi connectivity index (χ0n) is 13.4. The molecule has 3 heteroatoms. The van der Waals surface area contributed by atoms with Crippen molar-refractivity contribution < 1.29 is 5.21 Å². The van der Waals surface area contributed by atoms with Crippen LogP contribution in [0.2, 0.25) is 0 Å². The van der Waals surface area contributed by atoms with Gasteiger partial charge in [-0.3, -0.25) is 4.90 Å². The molecule has 3 nitrogen and oxygen atoms in total. The van der Waals surface area contributed by atoms with Gasteiger partial charge in [0.1, 0.15) is 0 Å². The van der Waals surface area contributed by atoms with E-state index < -0.39 is 0 Å². The van der Waals surface area contributed by atoms with Crippen molar-refractivity contribution in [2.24, 2.45) is 22.9 Å². The summed E-state index contributed by atoms with van der Waals surface area (Å²) < 4.78 is 0. The Kier molecular flexibility index (Phi) is 3.72. The number of hydrogen-bond acceptors (Lipinski definition) is 3. The molecule has 1 N–H and O–H groups in total. The average Bonchev–Trinajstić information content (AvgIpc) is 2.44. The maximum atomic E-state index is 9.17. The van der Waals surface area contributed by atoms with E-state index in [0.717, 1.165) is 42.3 Å². The van der Waals surface area contributed by atoms with Crippen molar-refractivity contribution in [1.29, 1.82) is 0 Å². The second-order valence-corrected chi connectivity index (χ2v) is 8.43.